The molecule has 0 aromatic heterocycles. The molecule has 0 amide bonds. The number of hydrogen-bond acceptors (Lipinski definition) is 4. The standard InChI is InChI=1S/C20H22FNO3/c21-17-8-4-7-16(11-17)20(24)13-22-9-10-25-14-18(22)12-19(23)15-5-2-1-3-6-15/h1-8,11,18,20,24H,9-10,12-14H2/t18-,20-/m0/s1. The van der Waals surface area contributed by atoms with Crippen LogP contribution >= 0.6 is 0 Å². The summed E-state index contributed by atoms with van der Waals surface area (Å²) in [5.74, 6) is -0.310. The van der Waals surface area contributed by atoms with Gasteiger partial charge in [-0.05, 0) is 17.7 Å². The van der Waals surface area contributed by atoms with Crippen LogP contribution in [-0.4, -0.2) is 48.1 Å². The minimum atomic E-state index is -0.803. The first-order valence-electron chi connectivity index (χ1n) is 8.47. The van der Waals surface area contributed by atoms with Crippen LogP contribution in [0.15, 0.2) is 54.6 Å². The summed E-state index contributed by atoms with van der Waals surface area (Å²) in [7, 11) is 0. The van der Waals surface area contributed by atoms with Crippen molar-refractivity contribution in [3.05, 3.63) is 71.5 Å². The molecule has 5 heteroatoms. The third-order valence-corrected chi connectivity index (χ3v) is 4.51. The van der Waals surface area contributed by atoms with Gasteiger partial charge in [-0.25, -0.2) is 4.39 Å². The van der Waals surface area contributed by atoms with E-state index in [9.17, 15) is 14.3 Å². The van der Waals surface area contributed by atoms with E-state index in [4.69, 9.17) is 4.74 Å². The first-order valence-corrected chi connectivity index (χ1v) is 8.47. The maximum Gasteiger partial charge on any atom is 0.164 e. The normalized spacial score (nSPS) is 19.5. The van der Waals surface area contributed by atoms with Crippen LogP contribution in [0.1, 0.15) is 28.4 Å². The van der Waals surface area contributed by atoms with Gasteiger partial charge in [0.1, 0.15) is 5.82 Å². The van der Waals surface area contributed by atoms with Crippen molar-refractivity contribution in [1.82, 2.24) is 4.90 Å². The second kappa shape index (κ2) is 8.34. The third-order valence-electron chi connectivity index (χ3n) is 4.51. The van der Waals surface area contributed by atoms with Gasteiger partial charge in [-0.2, -0.15) is 0 Å². The molecular formula is C20H22FNO3. The Bertz CT molecular complexity index is 707. The number of aliphatic hydroxyl groups excluding tert-OH is 1. The molecule has 132 valence electrons. The number of hydrogen-bond donors (Lipinski definition) is 1. The summed E-state index contributed by atoms with van der Waals surface area (Å²) in [5.41, 5.74) is 1.22. The van der Waals surface area contributed by atoms with Crippen molar-refractivity contribution in [2.24, 2.45) is 0 Å². The molecule has 0 radical (unpaired) electrons. The summed E-state index contributed by atoms with van der Waals surface area (Å²) in [6, 6.07) is 15.1. The Morgan fingerprint density at radius 1 is 1.24 bits per heavy atom. The van der Waals surface area contributed by atoms with Gasteiger partial charge in [-0.1, -0.05) is 42.5 Å². The molecule has 1 N–H and O–H groups in total. The lowest BCUT2D eigenvalue weighted by Crippen LogP contribution is -2.48. The van der Waals surface area contributed by atoms with E-state index in [1.807, 2.05) is 18.2 Å². The molecule has 1 fully saturated rings. The number of morpholine rings is 1. The van der Waals surface area contributed by atoms with Crippen LogP contribution in [0.4, 0.5) is 4.39 Å². The first-order chi connectivity index (χ1) is 12.1. The minimum absolute atomic E-state index is 0.0568. The van der Waals surface area contributed by atoms with E-state index >= 15 is 0 Å². The van der Waals surface area contributed by atoms with Crippen LogP contribution in [0.25, 0.3) is 0 Å². The van der Waals surface area contributed by atoms with E-state index in [2.05, 4.69) is 4.90 Å². The van der Waals surface area contributed by atoms with Crippen molar-refractivity contribution in [2.45, 2.75) is 18.6 Å². The predicted octanol–water partition coefficient (Wildman–Crippen LogP) is 2.83. The van der Waals surface area contributed by atoms with Gasteiger partial charge < -0.3 is 9.84 Å². The topological polar surface area (TPSA) is 49.8 Å². The number of aliphatic hydroxyl groups is 1. The number of ketones is 1. The molecule has 1 aliphatic rings. The summed E-state index contributed by atoms with van der Waals surface area (Å²) >= 11 is 0. The smallest absolute Gasteiger partial charge is 0.164 e. The Balaban J connectivity index is 1.65. The van der Waals surface area contributed by atoms with E-state index < -0.39 is 6.10 Å². The molecule has 0 bridgehead atoms. The molecular weight excluding hydrogens is 321 g/mol. The molecule has 4 nitrogen and oxygen atoms in total. The number of ether oxygens (including phenoxy) is 1. The van der Waals surface area contributed by atoms with Crippen molar-refractivity contribution in [3.63, 3.8) is 0 Å². The molecule has 2 aromatic carbocycles. The maximum absolute atomic E-state index is 13.4. The van der Waals surface area contributed by atoms with Gasteiger partial charge in [0.25, 0.3) is 0 Å². The predicted molar refractivity (Wildman–Crippen MR) is 92.9 cm³/mol. The van der Waals surface area contributed by atoms with Crippen LogP contribution in [0.2, 0.25) is 0 Å². The highest BCUT2D eigenvalue weighted by atomic mass is 19.1. The largest absolute Gasteiger partial charge is 0.387 e. The minimum Gasteiger partial charge on any atom is -0.387 e. The monoisotopic (exact) mass is 343 g/mol. The highest BCUT2D eigenvalue weighted by molar-refractivity contribution is 5.96. The maximum atomic E-state index is 13.4. The number of nitrogens with zero attached hydrogens (tertiary/aromatic N) is 1. The van der Waals surface area contributed by atoms with Crippen LogP contribution in [0.5, 0.6) is 0 Å². The Labute approximate surface area is 146 Å². The molecule has 2 aromatic rings. The summed E-state index contributed by atoms with van der Waals surface area (Å²) in [6.45, 7) is 2.00. The quantitative estimate of drug-likeness (QED) is 0.820. The van der Waals surface area contributed by atoms with E-state index in [0.29, 0.717) is 43.9 Å². The fourth-order valence-corrected chi connectivity index (χ4v) is 3.11. The molecule has 1 heterocycles. The van der Waals surface area contributed by atoms with Gasteiger partial charge >= 0.3 is 0 Å². The zero-order chi connectivity index (χ0) is 17.6. The first kappa shape index (κ1) is 17.7. The summed E-state index contributed by atoms with van der Waals surface area (Å²) in [5, 5.41) is 10.4. The molecule has 0 saturated carbocycles. The van der Waals surface area contributed by atoms with Crippen LogP contribution in [0, 0.1) is 5.82 Å². The summed E-state index contributed by atoms with van der Waals surface area (Å²) in [4.78, 5) is 14.5. The van der Waals surface area contributed by atoms with Crippen molar-refractivity contribution in [2.75, 3.05) is 26.3 Å². The average Bonchev–Trinajstić information content (AvgIpc) is 2.64. The Hall–Kier alpha value is -2.08. The van der Waals surface area contributed by atoms with Gasteiger partial charge in [0, 0.05) is 31.1 Å². The molecule has 0 unspecified atom stereocenters. The third kappa shape index (κ3) is 4.72. The van der Waals surface area contributed by atoms with Crippen molar-refractivity contribution in [1.29, 1.82) is 0 Å². The van der Waals surface area contributed by atoms with Crippen LogP contribution in [0.3, 0.4) is 0 Å². The summed E-state index contributed by atoms with van der Waals surface area (Å²) < 4.78 is 18.9. The second-order valence-electron chi connectivity index (χ2n) is 6.29. The Morgan fingerprint density at radius 2 is 2.04 bits per heavy atom. The lowest BCUT2D eigenvalue weighted by atomic mass is 10.0. The molecule has 1 saturated heterocycles. The average molecular weight is 343 g/mol. The number of carbonyl (C=O) groups excluding carboxylic acids is 1. The van der Waals surface area contributed by atoms with Crippen molar-refractivity contribution < 1.29 is 19.0 Å². The Morgan fingerprint density at radius 3 is 2.80 bits per heavy atom. The number of β-amino-alcohol motifs (C(OH)–C–C–N with tert-alkyl or cyclic N) is 1. The molecule has 1 aliphatic heterocycles. The molecule has 3 rings (SSSR count). The molecule has 25 heavy (non-hydrogen) atoms. The fraction of sp³-hybridized carbons (Fsp3) is 0.350. The zero-order valence-electron chi connectivity index (χ0n) is 14.0. The highest BCUT2D eigenvalue weighted by Gasteiger charge is 2.27. The molecule has 2 atom stereocenters. The highest BCUT2D eigenvalue weighted by Crippen LogP contribution is 2.20. The lowest BCUT2D eigenvalue weighted by molar-refractivity contribution is -0.0272. The fourth-order valence-electron chi connectivity index (χ4n) is 3.11. The van der Waals surface area contributed by atoms with E-state index in [0.717, 1.165) is 0 Å². The van der Waals surface area contributed by atoms with Gasteiger partial charge in [-0.15, -0.1) is 0 Å². The van der Waals surface area contributed by atoms with Gasteiger partial charge in [-0.3, -0.25) is 9.69 Å². The van der Waals surface area contributed by atoms with Crippen LogP contribution in [-0.2, 0) is 4.74 Å². The van der Waals surface area contributed by atoms with E-state index in [-0.39, 0.29) is 17.6 Å². The Kier molecular flexibility index (Phi) is 5.91. The number of carbonyl (C=O) groups is 1. The molecule has 0 aliphatic carbocycles. The number of halogens is 1. The summed E-state index contributed by atoms with van der Waals surface area (Å²) in [6.07, 6.45) is -0.469. The van der Waals surface area contributed by atoms with E-state index in [1.54, 1.807) is 24.3 Å². The number of rotatable bonds is 6. The van der Waals surface area contributed by atoms with Gasteiger partial charge in [0.15, 0.2) is 5.78 Å². The van der Waals surface area contributed by atoms with Gasteiger partial charge in [0.2, 0.25) is 0 Å². The SMILES string of the molecule is O=C(C[C@H]1COCCN1C[C@H](O)c1cccc(F)c1)c1ccccc1. The van der Waals surface area contributed by atoms with E-state index in [1.165, 1.54) is 12.1 Å². The van der Waals surface area contributed by atoms with Crippen molar-refractivity contribution in [3.8, 4) is 0 Å². The second-order valence-corrected chi connectivity index (χ2v) is 6.29. The van der Waals surface area contributed by atoms with Crippen molar-refractivity contribution >= 4 is 5.78 Å². The van der Waals surface area contributed by atoms with Gasteiger partial charge in [0.05, 0.1) is 19.3 Å². The lowest BCUT2D eigenvalue weighted by Gasteiger charge is -2.36. The molecule has 0 spiro atoms. The number of benzene rings is 2. The number of Topliss-reactive ketones (excluding diaryl/α,β-unsaturated/α-hetero) is 1. The zero-order valence-corrected chi connectivity index (χ0v) is 14.0. The van der Waals surface area contributed by atoms with Crippen LogP contribution < -0.4 is 0 Å².